The van der Waals surface area contributed by atoms with E-state index in [0.29, 0.717) is 23.9 Å². The highest BCUT2D eigenvalue weighted by Gasteiger charge is 2.11. The van der Waals surface area contributed by atoms with Crippen LogP contribution in [0.1, 0.15) is 20.3 Å². The zero-order valence-electron chi connectivity index (χ0n) is 8.81. The maximum Gasteiger partial charge on any atom is 0.149 e. The minimum Gasteiger partial charge on any atom is -0.352 e. The van der Waals surface area contributed by atoms with E-state index in [0.717, 1.165) is 0 Å². The Kier molecular flexibility index (Phi) is 4.32. The first-order chi connectivity index (χ1) is 7.15. The van der Waals surface area contributed by atoms with Gasteiger partial charge in [0.05, 0.1) is 24.9 Å². The Morgan fingerprint density at radius 3 is 2.80 bits per heavy atom. The first-order valence-corrected chi connectivity index (χ1v) is 5.14. The Morgan fingerprint density at radius 1 is 1.53 bits per heavy atom. The Balaban J connectivity index is 2.84. The number of hydrogen-bond donors (Lipinski definition) is 0. The van der Waals surface area contributed by atoms with Gasteiger partial charge < -0.3 is 4.90 Å². The highest BCUT2D eigenvalue weighted by molar-refractivity contribution is 6.29. The van der Waals surface area contributed by atoms with Gasteiger partial charge in [-0.05, 0) is 13.8 Å². The third kappa shape index (κ3) is 3.37. The van der Waals surface area contributed by atoms with Crippen molar-refractivity contribution in [3.05, 3.63) is 17.5 Å². The summed E-state index contributed by atoms with van der Waals surface area (Å²) in [5.41, 5.74) is 0. The summed E-state index contributed by atoms with van der Waals surface area (Å²) in [6, 6.07) is 2.38. The van der Waals surface area contributed by atoms with Crippen LogP contribution in [-0.2, 0) is 0 Å². The molecule has 0 N–H and O–H groups in total. The number of anilines is 1. The highest BCUT2D eigenvalue weighted by Crippen LogP contribution is 2.15. The van der Waals surface area contributed by atoms with Gasteiger partial charge in [0.2, 0.25) is 0 Å². The van der Waals surface area contributed by atoms with Crippen LogP contribution in [0.2, 0.25) is 5.15 Å². The van der Waals surface area contributed by atoms with Crippen molar-refractivity contribution in [2.75, 3.05) is 11.4 Å². The fraction of sp³-hybridized carbons (Fsp3) is 0.500. The second kappa shape index (κ2) is 5.52. The minimum atomic E-state index is 0.270. The standard InChI is InChI=1S/C10H13ClN4/c1-8(2)15(5-3-4-12)10-7-13-6-9(11)14-10/h6-8H,3,5H2,1-2H3. The molecule has 1 rings (SSSR count). The van der Waals surface area contributed by atoms with Gasteiger partial charge in [-0.1, -0.05) is 11.6 Å². The molecule has 0 saturated carbocycles. The minimum absolute atomic E-state index is 0.270. The van der Waals surface area contributed by atoms with Gasteiger partial charge in [0.1, 0.15) is 11.0 Å². The van der Waals surface area contributed by atoms with Crippen LogP contribution in [0.25, 0.3) is 0 Å². The van der Waals surface area contributed by atoms with Crippen molar-refractivity contribution < 1.29 is 0 Å². The molecule has 5 heteroatoms. The molecular formula is C10H13ClN4. The molecule has 4 nitrogen and oxygen atoms in total. The van der Waals surface area contributed by atoms with Gasteiger partial charge >= 0.3 is 0 Å². The quantitative estimate of drug-likeness (QED) is 0.787. The second-order valence-corrected chi connectivity index (χ2v) is 3.78. The summed E-state index contributed by atoms with van der Waals surface area (Å²) in [5, 5.41) is 8.93. The molecule has 0 atom stereocenters. The number of halogens is 1. The van der Waals surface area contributed by atoms with Gasteiger partial charge in [0.15, 0.2) is 0 Å². The molecule has 0 unspecified atom stereocenters. The van der Waals surface area contributed by atoms with E-state index >= 15 is 0 Å². The summed E-state index contributed by atoms with van der Waals surface area (Å²) in [5.74, 6) is 0.716. The first kappa shape index (κ1) is 11.7. The van der Waals surface area contributed by atoms with Gasteiger partial charge in [0.25, 0.3) is 0 Å². The molecule has 15 heavy (non-hydrogen) atoms. The molecule has 1 aromatic heterocycles. The summed E-state index contributed by atoms with van der Waals surface area (Å²) in [7, 11) is 0. The molecule has 1 heterocycles. The van der Waals surface area contributed by atoms with Crippen LogP contribution in [0.5, 0.6) is 0 Å². The van der Waals surface area contributed by atoms with E-state index in [1.54, 1.807) is 6.20 Å². The molecule has 0 aromatic carbocycles. The highest BCUT2D eigenvalue weighted by atomic mass is 35.5. The molecule has 0 aliphatic carbocycles. The van der Waals surface area contributed by atoms with Crippen molar-refractivity contribution in [1.29, 1.82) is 5.26 Å². The Bertz CT molecular complexity index is 359. The van der Waals surface area contributed by atoms with E-state index in [4.69, 9.17) is 16.9 Å². The number of nitrogens with zero attached hydrogens (tertiary/aromatic N) is 4. The Hall–Kier alpha value is -1.34. The summed E-state index contributed by atoms with van der Waals surface area (Å²) >= 11 is 5.76. The molecule has 0 saturated heterocycles. The molecule has 0 spiro atoms. The Morgan fingerprint density at radius 2 is 2.27 bits per heavy atom. The number of nitriles is 1. The van der Waals surface area contributed by atoms with Crippen molar-refractivity contribution in [2.24, 2.45) is 0 Å². The Labute approximate surface area is 94.5 Å². The maximum atomic E-state index is 8.56. The summed E-state index contributed by atoms with van der Waals surface area (Å²) < 4.78 is 0. The van der Waals surface area contributed by atoms with Crippen LogP contribution >= 0.6 is 11.6 Å². The third-order valence-corrected chi connectivity index (χ3v) is 2.16. The van der Waals surface area contributed by atoms with Crippen LogP contribution in [0.4, 0.5) is 5.82 Å². The lowest BCUT2D eigenvalue weighted by molar-refractivity contribution is 0.675. The van der Waals surface area contributed by atoms with Crippen molar-refractivity contribution in [3.63, 3.8) is 0 Å². The van der Waals surface area contributed by atoms with Crippen molar-refractivity contribution in [3.8, 4) is 6.07 Å². The fourth-order valence-electron chi connectivity index (χ4n) is 1.28. The molecular weight excluding hydrogens is 212 g/mol. The lowest BCUT2D eigenvalue weighted by Crippen LogP contribution is -2.32. The lowest BCUT2D eigenvalue weighted by atomic mass is 10.3. The molecule has 0 aliphatic heterocycles. The molecule has 1 aromatic rings. The predicted octanol–water partition coefficient (Wildman–Crippen LogP) is 2.26. The molecule has 0 radical (unpaired) electrons. The molecule has 0 fully saturated rings. The monoisotopic (exact) mass is 224 g/mol. The van der Waals surface area contributed by atoms with Crippen LogP contribution in [0.3, 0.4) is 0 Å². The average molecular weight is 225 g/mol. The van der Waals surface area contributed by atoms with E-state index < -0.39 is 0 Å². The zero-order valence-corrected chi connectivity index (χ0v) is 9.57. The number of aromatic nitrogens is 2. The van der Waals surface area contributed by atoms with Crippen molar-refractivity contribution in [2.45, 2.75) is 26.3 Å². The van der Waals surface area contributed by atoms with E-state index in [-0.39, 0.29) is 6.04 Å². The van der Waals surface area contributed by atoms with Crippen LogP contribution in [0, 0.1) is 11.3 Å². The summed E-state index contributed by atoms with van der Waals surface area (Å²) in [6.45, 7) is 4.73. The number of rotatable bonds is 4. The van der Waals surface area contributed by atoms with Gasteiger partial charge in [-0.15, -0.1) is 0 Å². The SMILES string of the molecule is CC(C)N(CCC#N)c1cncc(Cl)n1. The second-order valence-electron chi connectivity index (χ2n) is 3.40. The van der Waals surface area contributed by atoms with Gasteiger partial charge in [0, 0.05) is 12.6 Å². The van der Waals surface area contributed by atoms with E-state index in [2.05, 4.69) is 16.0 Å². The van der Waals surface area contributed by atoms with Crippen molar-refractivity contribution in [1.82, 2.24) is 9.97 Å². The summed E-state index contributed by atoms with van der Waals surface area (Å²) in [6.07, 6.45) is 3.61. The van der Waals surface area contributed by atoms with Gasteiger partial charge in [-0.3, -0.25) is 4.98 Å². The third-order valence-electron chi connectivity index (χ3n) is 1.97. The molecule has 0 bridgehead atoms. The average Bonchev–Trinajstić information content (AvgIpc) is 2.18. The largest absolute Gasteiger partial charge is 0.352 e. The fourth-order valence-corrected chi connectivity index (χ4v) is 1.42. The summed E-state index contributed by atoms with van der Waals surface area (Å²) in [4.78, 5) is 10.1. The molecule has 0 aliphatic rings. The van der Waals surface area contributed by atoms with Crippen LogP contribution < -0.4 is 4.90 Å². The first-order valence-electron chi connectivity index (χ1n) is 4.76. The normalized spacial score (nSPS) is 10.1. The van der Waals surface area contributed by atoms with Crippen molar-refractivity contribution >= 4 is 17.4 Å². The lowest BCUT2D eigenvalue weighted by Gasteiger charge is -2.26. The van der Waals surface area contributed by atoms with Gasteiger partial charge in [-0.25, -0.2) is 4.98 Å². The topological polar surface area (TPSA) is 52.8 Å². The number of hydrogen-bond acceptors (Lipinski definition) is 4. The van der Waals surface area contributed by atoms with E-state index in [9.17, 15) is 0 Å². The van der Waals surface area contributed by atoms with Crippen LogP contribution in [-0.4, -0.2) is 22.6 Å². The smallest absolute Gasteiger partial charge is 0.149 e. The van der Waals surface area contributed by atoms with E-state index in [1.807, 2.05) is 18.7 Å². The van der Waals surface area contributed by atoms with Gasteiger partial charge in [-0.2, -0.15) is 5.26 Å². The zero-order chi connectivity index (χ0) is 11.3. The van der Waals surface area contributed by atoms with E-state index in [1.165, 1.54) is 6.20 Å². The predicted molar refractivity (Wildman–Crippen MR) is 59.8 cm³/mol. The molecule has 80 valence electrons. The van der Waals surface area contributed by atoms with Crippen LogP contribution in [0.15, 0.2) is 12.4 Å². The maximum absolute atomic E-state index is 8.56. The molecule has 0 amide bonds.